The highest BCUT2D eigenvalue weighted by Gasteiger charge is 2.21. The summed E-state index contributed by atoms with van der Waals surface area (Å²) in [6.45, 7) is 10.7. The SMILES string of the molecule is CCCN1CCC(CN=C(NCCCOCCOC)Nc2ccc3c(c2)OCCCO3)C1.I. The minimum atomic E-state index is 0. The molecule has 2 aliphatic rings. The smallest absolute Gasteiger partial charge is 0.195 e. The van der Waals surface area contributed by atoms with Gasteiger partial charge in [0.25, 0.3) is 0 Å². The van der Waals surface area contributed by atoms with Gasteiger partial charge in [0.1, 0.15) is 0 Å². The molecule has 1 saturated heterocycles. The zero-order chi connectivity index (χ0) is 22.4. The molecule has 0 amide bonds. The first-order valence-electron chi connectivity index (χ1n) is 12.0. The van der Waals surface area contributed by atoms with Gasteiger partial charge >= 0.3 is 0 Å². The fourth-order valence-electron chi connectivity index (χ4n) is 3.94. The van der Waals surface area contributed by atoms with Crippen molar-refractivity contribution in [3.63, 3.8) is 0 Å². The van der Waals surface area contributed by atoms with Crippen LogP contribution in [0.15, 0.2) is 23.2 Å². The second-order valence-electron chi connectivity index (χ2n) is 8.37. The maximum Gasteiger partial charge on any atom is 0.195 e. The number of hydrogen-bond donors (Lipinski definition) is 2. The minimum absolute atomic E-state index is 0. The van der Waals surface area contributed by atoms with E-state index in [-0.39, 0.29) is 24.0 Å². The van der Waals surface area contributed by atoms with E-state index < -0.39 is 0 Å². The minimum Gasteiger partial charge on any atom is -0.490 e. The maximum atomic E-state index is 5.83. The van der Waals surface area contributed by atoms with Crippen LogP contribution in [0.2, 0.25) is 0 Å². The van der Waals surface area contributed by atoms with Crippen LogP contribution in [-0.4, -0.2) is 83.7 Å². The molecular formula is C24H41IN4O4. The molecule has 8 nitrogen and oxygen atoms in total. The average Bonchev–Trinajstić information content (AvgIpc) is 3.11. The van der Waals surface area contributed by atoms with E-state index in [1.165, 1.54) is 25.9 Å². The summed E-state index contributed by atoms with van der Waals surface area (Å²) in [5.74, 6) is 2.99. The molecule has 0 saturated carbocycles. The summed E-state index contributed by atoms with van der Waals surface area (Å²) in [5.41, 5.74) is 0.941. The molecule has 0 spiro atoms. The van der Waals surface area contributed by atoms with Crippen molar-refractivity contribution in [2.24, 2.45) is 10.9 Å². The van der Waals surface area contributed by atoms with Crippen LogP contribution in [0.3, 0.4) is 0 Å². The molecule has 1 aromatic carbocycles. The van der Waals surface area contributed by atoms with Crippen LogP contribution in [0.25, 0.3) is 0 Å². The lowest BCUT2D eigenvalue weighted by molar-refractivity contribution is 0.0699. The number of halogens is 1. The fourth-order valence-corrected chi connectivity index (χ4v) is 3.94. The van der Waals surface area contributed by atoms with Gasteiger partial charge in [-0.15, -0.1) is 24.0 Å². The van der Waals surface area contributed by atoms with Crippen LogP contribution in [0.1, 0.15) is 32.6 Å². The number of methoxy groups -OCH3 is 1. The molecule has 2 N–H and O–H groups in total. The Labute approximate surface area is 215 Å². The van der Waals surface area contributed by atoms with Gasteiger partial charge in [-0.05, 0) is 50.4 Å². The van der Waals surface area contributed by atoms with Crippen molar-refractivity contribution in [2.75, 3.05) is 78.2 Å². The Kier molecular flexibility index (Phi) is 13.8. The molecule has 0 bridgehead atoms. The van der Waals surface area contributed by atoms with E-state index in [1.807, 2.05) is 18.2 Å². The summed E-state index contributed by atoms with van der Waals surface area (Å²) in [4.78, 5) is 7.45. The number of fused-ring (bicyclic) bond motifs is 1. The molecule has 2 aliphatic heterocycles. The van der Waals surface area contributed by atoms with Crippen molar-refractivity contribution in [3.8, 4) is 11.5 Å². The number of nitrogens with one attached hydrogen (secondary N) is 2. The van der Waals surface area contributed by atoms with Gasteiger partial charge in [-0.1, -0.05) is 6.92 Å². The number of benzene rings is 1. The van der Waals surface area contributed by atoms with Crippen LogP contribution >= 0.6 is 24.0 Å². The van der Waals surface area contributed by atoms with Gasteiger partial charge in [-0.25, -0.2) is 0 Å². The second kappa shape index (κ2) is 16.3. The maximum absolute atomic E-state index is 5.83. The Morgan fingerprint density at radius 3 is 2.85 bits per heavy atom. The Morgan fingerprint density at radius 2 is 2.03 bits per heavy atom. The predicted molar refractivity (Wildman–Crippen MR) is 144 cm³/mol. The number of hydrogen-bond acceptors (Lipinski definition) is 6. The van der Waals surface area contributed by atoms with Crippen molar-refractivity contribution >= 4 is 35.6 Å². The molecular weight excluding hydrogens is 535 g/mol. The third-order valence-corrected chi connectivity index (χ3v) is 5.62. The van der Waals surface area contributed by atoms with Gasteiger partial charge in [0.05, 0.1) is 26.4 Å². The van der Waals surface area contributed by atoms with E-state index in [0.29, 0.717) is 39.0 Å². The zero-order valence-corrected chi connectivity index (χ0v) is 22.5. The number of rotatable bonds is 12. The Balaban J connectivity index is 0.00000385. The largest absolute Gasteiger partial charge is 0.490 e. The van der Waals surface area contributed by atoms with Crippen molar-refractivity contribution in [1.29, 1.82) is 0 Å². The molecule has 1 unspecified atom stereocenters. The van der Waals surface area contributed by atoms with E-state index in [9.17, 15) is 0 Å². The average molecular weight is 577 g/mol. The van der Waals surface area contributed by atoms with Gasteiger partial charge in [-0.2, -0.15) is 0 Å². The highest BCUT2D eigenvalue weighted by atomic mass is 127. The summed E-state index contributed by atoms with van der Waals surface area (Å²) < 4.78 is 22.2. The van der Waals surface area contributed by atoms with Crippen LogP contribution in [0.4, 0.5) is 5.69 Å². The molecule has 33 heavy (non-hydrogen) atoms. The lowest BCUT2D eigenvalue weighted by atomic mass is 10.1. The lowest BCUT2D eigenvalue weighted by Gasteiger charge is -2.16. The van der Waals surface area contributed by atoms with Crippen LogP contribution in [0, 0.1) is 5.92 Å². The fraction of sp³-hybridized carbons (Fsp3) is 0.708. The van der Waals surface area contributed by atoms with Gasteiger partial charge in [0.2, 0.25) is 0 Å². The first-order chi connectivity index (χ1) is 15.8. The van der Waals surface area contributed by atoms with Gasteiger partial charge in [0, 0.05) is 51.5 Å². The predicted octanol–water partition coefficient (Wildman–Crippen LogP) is 3.61. The zero-order valence-electron chi connectivity index (χ0n) is 20.1. The quantitative estimate of drug-likeness (QED) is 0.171. The third-order valence-electron chi connectivity index (χ3n) is 5.62. The second-order valence-corrected chi connectivity index (χ2v) is 8.37. The summed E-state index contributed by atoms with van der Waals surface area (Å²) in [7, 11) is 1.69. The molecule has 2 heterocycles. The van der Waals surface area contributed by atoms with Crippen molar-refractivity contribution in [2.45, 2.75) is 32.6 Å². The lowest BCUT2D eigenvalue weighted by Crippen LogP contribution is -2.33. The molecule has 1 aromatic rings. The van der Waals surface area contributed by atoms with E-state index in [4.69, 9.17) is 23.9 Å². The first-order valence-corrected chi connectivity index (χ1v) is 12.0. The van der Waals surface area contributed by atoms with Crippen LogP contribution in [-0.2, 0) is 9.47 Å². The standard InChI is InChI=1S/C24H40N4O4.HI/c1-3-10-28-11-8-20(19-28)18-26-24(25-9-4-12-30-16-15-29-2)27-21-6-7-22-23(17-21)32-14-5-13-31-22;/h6-7,17,20H,3-5,8-16,18-19H2,1-2H3,(H2,25,26,27);1H. The number of aliphatic imine (C=N–C) groups is 1. The normalized spacial score (nSPS) is 18.5. The highest BCUT2D eigenvalue weighted by molar-refractivity contribution is 14.0. The summed E-state index contributed by atoms with van der Waals surface area (Å²) in [6, 6.07) is 5.96. The Hall–Kier alpha value is -1.30. The molecule has 0 aliphatic carbocycles. The van der Waals surface area contributed by atoms with Gasteiger partial charge < -0.3 is 34.5 Å². The third kappa shape index (κ3) is 10.2. The van der Waals surface area contributed by atoms with Gasteiger partial charge in [0.15, 0.2) is 17.5 Å². The number of ether oxygens (including phenoxy) is 4. The monoisotopic (exact) mass is 576 g/mol. The first kappa shape index (κ1) is 27.9. The number of guanidine groups is 1. The van der Waals surface area contributed by atoms with Crippen LogP contribution in [0.5, 0.6) is 11.5 Å². The summed E-state index contributed by atoms with van der Waals surface area (Å²) >= 11 is 0. The van der Waals surface area contributed by atoms with E-state index in [1.54, 1.807) is 7.11 Å². The molecule has 3 rings (SSSR count). The summed E-state index contributed by atoms with van der Waals surface area (Å²) in [6.07, 6.45) is 4.23. The van der Waals surface area contributed by atoms with Crippen molar-refractivity contribution in [1.82, 2.24) is 10.2 Å². The number of likely N-dealkylation sites (tertiary alicyclic amines) is 1. The molecule has 1 atom stereocenters. The molecule has 9 heteroatoms. The van der Waals surface area contributed by atoms with E-state index >= 15 is 0 Å². The number of anilines is 1. The van der Waals surface area contributed by atoms with E-state index in [0.717, 1.165) is 55.6 Å². The van der Waals surface area contributed by atoms with Crippen LogP contribution < -0.4 is 20.1 Å². The van der Waals surface area contributed by atoms with Crippen molar-refractivity contribution < 1.29 is 18.9 Å². The number of nitrogens with zero attached hydrogens (tertiary/aromatic N) is 2. The van der Waals surface area contributed by atoms with Gasteiger partial charge in [-0.3, -0.25) is 4.99 Å². The van der Waals surface area contributed by atoms with E-state index in [2.05, 4.69) is 22.5 Å². The molecule has 188 valence electrons. The Bertz CT molecular complexity index is 707. The molecule has 0 radical (unpaired) electrons. The highest BCUT2D eigenvalue weighted by Crippen LogP contribution is 2.32. The molecule has 1 fully saturated rings. The summed E-state index contributed by atoms with van der Waals surface area (Å²) in [5, 5.41) is 6.90. The Morgan fingerprint density at radius 1 is 1.18 bits per heavy atom. The van der Waals surface area contributed by atoms with Crippen molar-refractivity contribution in [3.05, 3.63) is 18.2 Å². The molecule has 0 aromatic heterocycles. The topological polar surface area (TPSA) is 76.6 Å².